The van der Waals surface area contributed by atoms with Gasteiger partial charge < -0.3 is 10.6 Å². The monoisotopic (exact) mass is 257 g/mol. The highest BCUT2D eigenvalue weighted by molar-refractivity contribution is 7.80. The number of thiocarbonyl (C=S) groups is 1. The first-order valence-electron chi connectivity index (χ1n) is 5.64. The zero-order chi connectivity index (χ0) is 13.1. The van der Waals surface area contributed by atoms with Gasteiger partial charge in [-0.05, 0) is 31.2 Å². The average Bonchev–Trinajstić information content (AvgIpc) is 2.38. The molecule has 2 rings (SSSR count). The number of aryl methyl sites for hydroxylation is 1. The van der Waals surface area contributed by atoms with Crippen LogP contribution in [0.3, 0.4) is 0 Å². The van der Waals surface area contributed by atoms with Crippen molar-refractivity contribution in [2.45, 2.75) is 6.92 Å². The van der Waals surface area contributed by atoms with E-state index in [-0.39, 0.29) is 0 Å². The van der Waals surface area contributed by atoms with Crippen LogP contribution in [0.1, 0.15) is 11.3 Å². The van der Waals surface area contributed by atoms with Gasteiger partial charge >= 0.3 is 0 Å². The summed E-state index contributed by atoms with van der Waals surface area (Å²) in [7, 11) is 2.01. The number of pyridine rings is 1. The van der Waals surface area contributed by atoms with Crippen molar-refractivity contribution in [3.05, 3.63) is 53.9 Å². The van der Waals surface area contributed by atoms with Crippen molar-refractivity contribution in [1.82, 2.24) is 4.98 Å². The fourth-order valence-corrected chi connectivity index (χ4v) is 1.88. The van der Waals surface area contributed by atoms with Crippen molar-refractivity contribution in [3.63, 3.8) is 0 Å². The first-order valence-corrected chi connectivity index (χ1v) is 6.05. The largest absolute Gasteiger partial charge is 0.389 e. The summed E-state index contributed by atoms with van der Waals surface area (Å²) in [6.07, 6.45) is 1.80. The third kappa shape index (κ3) is 2.65. The van der Waals surface area contributed by atoms with E-state index in [2.05, 4.69) is 9.88 Å². The van der Waals surface area contributed by atoms with Crippen molar-refractivity contribution in [2.24, 2.45) is 5.73 Å². The molecule has 0 radical (unpaired) electrons. The number of hydrogen-bond acceptors (Lipinski definition) is 3. The zero-order valence-electron chi connectivity index (χ0n) is 10.4. The van der Waals surface area contributed by atoms with Gasteiger partial charge in [0.25, 0.3) is 0 Å². The molecule has 2 aromatic rings. The number of aromatic nitrogens is 1. The standard InChI is InChI=1S/C14H15N3S/c1-10-8-13(6-7-16-10)17(2)12-5-3-4-11(9-12)14(15)18/h3-9H,1-2H3,(H2,15,18). The molecule has 0 aliphatic rings. The van der Waals surface area contributed by atoms with E-state index in [9.17, 15) is 0 Å². The van der Waals surface area contributed by atoms with Crippen LogP contribution in [-0.4, -0.2) is 17.0 Å². The van der Waals surface area contributed by atoms with Crippen LogP contribution < -0.4 is 10.6 Å². The molecule has 3 nitrogen and oxygen atoms in total. The topological polar surface area (TPSA) is 42.1 Å². The Bertz CT molecular complexity index is 581. The molecule has 0 aliphatic heterocycles. The Balaban J connectivity index is 2.36. The summed E-state index contributed by atoms with van der Waals surface area (Å²) in [5, 5.41) is 0. The van der Waals surface area contributed by atoms with Crippen LogP contribution in [-0.2, 0) is 0 Å². The Morgan fingerprint density at radius 2 is 1.94 bits per heavy atom. The predicted octanol–water partition coefficient (Wildman–Crippen LogP) is 2.79. The molecule has 0 saturated heterocycles. The van der Waals surface area contributed by atoms with Crippen LogP contribution in [0.2, 0.25) is 0 Å². The van der Waals surface area contributed by atoms with Gasteiger partial charge in [-0.2, -0.15) is 0 Å². The lowest BCUT2D eigenvalue weighted by Crippen LogP contribution is -2.13. The molecule has 1 aromatic heterocycles. The van der Waals surface area contributed by atoms with E-state index < -0.39 is 0 Å². The average molecular weight is 257 g/mol. The van der Waals surface area contributed by atoms with Crippen LogP contribution in [0.5, 0.6) is 0 Å². The smallest absolute Gasteiger partial charge is 0.104 e. The summed E-state index contributed by atoms with van der Waals surface area (Å²) in [6, 6.07) is 11.9. The summed E-state index contributed by atoms with van der Waals surface area (Å²) < 4.78 is 0. The van der Waals surface area contributed by atoms with Crippen molar-refractivity contribution in [2.75, 3.05) is 11.9 Å². The van der Waals surface area contributed by atoms with E-state index >= 15 is 0 Å². The van der Waals surface area contributed by atoms with Crippen LogP contribution in [0.4, 0.5) is 11.4 Å². The van der Waals surface area contributed by atoms with Crippen molar-refractivity contribution in [3.8, 4) is 0 Å². The molecule has 4 heteroatoms. The third-order valence-electron chi connectivity index (χ3n) is 2.79. The van der Waals surface area contributed by atoms with Gasteiger partial charge in [-0.1, -0.05) is 24.4 Å². The number of benzene rings is 1. The summed E-state index contributed by atoms with van der Waals surface area (Å²) in [5.41, 5.74) is 9.65. The number of rotatable bonds is 3. The molecule has 1 heterocycles. The fourth-order valence-electron chi connectivity index (χ4n) is 1.76. The minimum Gasteiger partial charge on any atom is -0.389 e. The minimum absolute atomic E-state index is 0.413. The van der Waals surface area contributed by atoms with E-state index in [4.69, 9.17) is 18.0 Å². The molecule has 0 fully saturated rings. The van der Waals surface area contributed by atoms with Gasteiger partial charge in [0.1, 0.15) is 4.99 Å². The van der Waals surface area contributed by atoms with Gasteiger partial charge in [-0.3, -0.25) is 4.98 Å². The molecule has 0 atom stereocenters. The fraction of sp³-hybridized carbons (Fsp3) is 0.143. The van der Waals surface area contributed by atoms with Crippen LogP contribution >= 0.6 is 12.2 Å². The zero-order valence-corrected chi connectivity index (χ0v) is 11.2. The number of anilines is 2. The SMILES string of the molecule is Cc1cc(N(C)c2cccc(C(N)=S)c2)ccn1. The Labute approximate surface area is 112 Å². The first kappa shape index (κ1) is 12.5. The second kappa shape index (κ2) is 5.14. The second-order valence-electron chi connectivity index (χ2n) is 4.13. The predicted molar refractivity (Wildman–Crippen MR) is 79.4 cm³/mol. The summed E-state index contributed by atoms with van der Waals surface area (Å²) in [6.45, 7) is 1.97. The quantitative estimate of drug-likeness (QED) is 0.859. The molecule has 2 N–H and O–H groups in total. The number of nitrogens with zero attached hydrogens (tertiary/aromatic N) is 2. The molecular formula is C14H15N3S. The third-order valence-corrected chi connectivity index (χ3v) is 3.02. The summed E-state index contributed by atoms with van der Waals surface area (Å²) >= 11 is 4.99. The lowest BCUT2D eigenvalue weighted by atomic mass is 10.2. The number of nitrogens with two attached hydrogens (primary N) is 1. The van der Waals surface area contributed by atoms with E-state index in [1.807, 2.05) is 50.4 Å². The van der Waals surface area contributed by atoms with Crippen molar-refractivity contribution in [1.29, 1.82) is 0 Å². The van der Waals surface area contributed by atoms with Gasteiger partial charge in [0.05, 0.1) is 0 Å². The molecule has 0 amide bonds. The van der Waals surface area contributed by atoms with Crippen LogP contribution in [0.25, 0.3) is 0 Å². The molecule has 0 saturated carbocycles. The molecular weight excluding hydrogens is 242 g/mol. The van der Waals surface area contributed by atoms with E-state index in [1.54, 1.807) is 6.20 Å². The molecule has 0 bridgehead atoms. The van der Waals surface area contributed by atoms with Gasteiger partial charge in [-0.15, -0.1) is 0 Å². The Morgan fingerprint density at radius 1 is 1.22 bits per heavy atom. The minimum atomic E-state index is 0.413. The molecule has 0 aliphatic carbocycles. The molecule has 92 valence electrons. The maximum atomic E-state index is 5.65. The summed E-state index contributed by atoms with van der Waals surface area (Å²) in [5.74, 6) is 0. The lowest BCUT2D eigenvalue weighted by molar-refractivity contribution is 1.14. The van der Waals surface area contributed by atoms with Gasteiger partial charge in [-0.25, -0.2) is 0 Å². The highest BCUT2D eigenvalue weighted by Crippen LogP contribution is 2.24. The number of hydrogen-bond donors (Lipinski definition) is 1. The highest BCUT2D eigenvalue weighted by Gasteiger charge is 2.06. The van der Waals surface area contributed by atoms with Crippen molar-refractivity contribution < 1.29 is 0 Å². The maximum absolute atomic E-state index is 5.65. The Hall–Kier alpha value is -1.94. The van der Waals surface area contributed by atoms with Crippen LogP contribution in [0.15, 0.2) is 42.6 Å². The van der Waals surface area contributed by atoms with E-state index in [1.165, 1.54) is 0 Å². The Kier molecular flexibility index (Phi) is 3.58. The molecule has 1 aromatic carbocycles. The Morgan fingerprint density at radius 3 is 2.61 bits per heavy atom. The molecule has 0 spiro atoms. The van der Waals surface area contributed by atoms with Crippen molar-refractivity contribution >= 4 is 28.6 Å². The normalized spacial score (nSPS) is 10.1. The van der Waals surface area contributed by atoms with Gasteiger partial charge in [0.2, 0.25) is 0 Å². The lowest BCUT2D eigenvalue weighted by Gasteiger charge is -2.20. The first-order chi connectivity index (χ1) is 8.58. The summed E-state index contributed by atoms with van der Waals surface area (Å²) in [4.78, 5) is 6.69. The van der Waals surface area contributed by atoms with E-state index in [0.717, 1.165) is 22.6 Å². The van der Waals surface area contributed by atoms with Crippen LogP contribution in [0, 0.1) is 6.92 Å². The maximum Gasteiger partial charge on any atom is 0.104 e. The molecule has 18 heavy (non-hydrogen) atoms. The highest BCUT2D eigenvalue weighted by atomic mass is 32.1. The van der Waals surface area contributed by atoms with Gasteiger partial charge in [0.15, 0.2) is 0 Å². The van der Waals surface area contributed by atoms with Gasteiger partial charge in [0, 0.05) is 35.9 Å². The molecule has 0 unspecified atom stereocenters. The second-order valence-corrected chi connectivity index (χ2v) is 4.57. The van der Waals surface area contributed by atoms with E-state index in [0.29, 0.717) is 4.99 Å².